The quantitative estimate of drug-likeness (QED) is 0.864. The van der Waals surface area contributed by atoms with Gasteiger partial charge in [-0.1, -0.05) is 36.1 Å². The van der Waals surface area contributed by atoms with Gasteiger partial charge < -0.3 is 10.5 Å². The van der Waals surface area contributed by atoms with E-state index in [2.05, 4.69) is 17.9 Å². The van der Waals surface area contributed by atoms with Gasteiger partial charge in [-0.3, -0.25) is 0 Å². The smallest absolute Gasteiger partial charge is 0.137 e. The normalized spacial score (nSPS) is 9.20. The van der Waals surface area contributed by atoms with Crippen LogP contribution in [0.15, 0.2) is 48.5 Å². The summed E-state index contributed by atoms with van der Waals surface area (Å²) in [5.41, 5.74) is 7.82. The van der Waals surface area contributed by atoms with Crippen molar-refractivity contribution in [3.8, 4) is 23.7 Å². The van der Waals surface area contributed by atoms with Gasteiger partial charge in [-0.2, -0.15) is 5.26 Å². The van der Waals surface area contributed by atoms with Crippen LogP contribution in [-0.4, -0.2) is 6.54 Å². The number of rotatable bonds is 3. The molecule has 0 atom stereocenters. The average Bonchev–Trinajstić information content (AvgIpc) is 2.52. The van der Waals surface area contributed by atoms with Crippen molar-refractivity contribution in [2.24, 2.45) is 5.73 Å². The number of nitrogens with two attached hydrogens (primary N) is 1. The number of ether oxygens (including phenoxy) is 1. The summed E-state index contributed by atoms with van der Waals surface area (Å²) >= 11 is 0. The van der Waals surface area contributed by atoms with Crippen LogP contribution >= 0.6 is 0 Å². The number of nitriles is 1. The maximum atomic E-state index is 8.98. The number of hydrogen-bond donors (Lipinski definition) is 1. The van der Waals surface area contributed by atoms with Gasteiger partial charge in [0.25, 0.3) is 0 Å². The molecule has 2 rings (SSSR count). The van der Waals surface area contributed by atoms with E-state index < -0.39 is 0 Å². The topological polar surface area (TPSA) is 59.0 Å². The Morgan fingerprint density at radius 1 is 1.05 bits per heavy atom. The Bertz CT molecular complexity index is 673. The number of nitrogens with zero attached hydrogens (tertiary/aromatic N) is 1. The second-order valence-electron chi connectivity index (χ2n) is 4.10. The molecule has 2 aromatic carbocycles. The zero-order valence-electron chi connectivity index (χ0n) is 11.0. The maximum absolute atomic E-state index is 8.98. The van der Waals surface area contributed by atoms with Crippen LogP contribution in [0.2, 0.25) is 0 Å². The van der Waals surface area contributed by atoms with Crippen molar-refractivity contribution in [2.45, 2.75) is 6.61 Å². The maximum Gasteiger partial charge on any atom is 0.137 e. The lowest BCUT2D eigenvalue weighted by atomic mass is 10.1. The molecule has 0 saturated heterocycles. The van der Waals surface area contributed by atoms with Crippen molar-refractivity contribution in [1.82, 2.24) is 0 Å². The van der Waals surface area contributed by atoms with Crippen LogP contribution < -0.4 is 10.5 Å². The Hall–Kier alpha value is -2.75. The van der Waals surface area contributed by atoms with Crippen LogP contribution in [-0.2, 0) is 6.61 Å². The molecular weight excluding hydrogens is 248 g/mol. The molecule has 0 aliphatic carbocycles. The molecule has 2 aromatic rings. The molecule has 20 heavy (non-hydrogen) atoms. The molecule has 0 spiro atoms. The highest BCUT2D eigenvalue weighted by Crippen LogP contribution is 2.18. The van der Waals surface area contributed by atoms with Gasteiger partial charge in [0, 0.05) is 5.56 Å². The van der Waals surface area contributed by atoms with Gasteiger partial charge in [0.1, 0.15) is 18.4 Å². The van der Waals surface area contributed by atoms with E-state index in [0.717, 1.165) is 11.1 Å². The van der Waals surface area contributed by atoms with Gasteiger partial charge in [-0.25, -0.2) is 0 Å². The summed E-state index contributed by atoms with van der Waals surface area (Å²) in [5.74, 6) is 6.37. The number of para-hydroxylation sites is 1. The van der Waals surface area contributed by atoms with Crippen LogP contribution in [0.25, 0.3) is 0 Å². The monoisotopic (exact) mass is 262 g/mol. The fourth-order valence-corrected chi connectivity index (χ4v) is 1.68. The second-order valence-corrected chi connectivity index (χ2v) is 4.10. The molecule has 0 bridgehead atoms. The molecule has 0 radical (unpaired) electrons. The van der Waals surface area contributed by atoms with E-state index in [1.54, 1.807) is 12.1 Å². The summed E-state index contributed by atoms with van der Waals surface area (Å²) in [4.78, 5) is 0. The fourth-order valence-electron chi connectivity index (χ4n) is 1.68. The van der Waals surface area contributed by atoms with E-state index >= 15 is 0 Å². The highest BCUT2D eigenvalue weighted by atomic mass is 16.5. The molecule has 3 nitrogen and oxygen atoms in total. The Labute approximate surface area is 118 Å². The van der Waals surface area contributed by atoms with Crippen LogP contribution in [0.4, 0.5) is 0 Å². The molecule has 0 aromatic heterocycles. The average molecular weight is 262 g/mol. The summed E-state index contributed by atoms with van der Waals surface area (Å²) in [5, 5.41) is 8.98. The largest absolute Gasteiger partial charge is 0.488 e. The van der Waals surface area contributed by atoms with Crippen molar-refractivity contribution < 1.29 is 4.74 Å². The second kappa shape index (κ2) is 6.99. The number of hydrogen-bond acceptors (Lipinski definition) is 3. The lowest BCUT2D eigenvalue weighted by Gasteiger charge is -2.07. The highest BCUT2D eigenvalue weighted by Gasteiger charge is 2.02. The Kier molecular flexibility index (Phi) is 4.78. The van der Waals surface area contributed by atoms with Gasteiger partial charge in [0.05, 0.1) is 12.1 Å². The Balaban J connectivity index is 2.02. The minimum Gasteiger partial charge on any atom is -0.488 e. The molecule has 0 saturated carbocycles. The van der Waals surface area contributed by atoms with Crippen molar-refractivity contribution in [3.63, 3.8) is 0 Å². The fraction of sp³-hybridized carbons (Fsp3) is 0.118. The minimum atomic E-state index is 0.357. The van der Waals surface area contributed by atoms with Crippen LogP contribution in [0, 0.1) is 23.2 Å². The predicted octanol–water partition coefficient (Wildman–Crippen LogP) is 2.45. The van der Waals surface area contributed by atoms with E-state index in [1.807, 2.05) is 36.4 Å². The van der Waals surface area contributed by atoms with E-state index in [-0.39, 0.29) is 0 Å². The Morgan fingerprint density at radius 3 is 2.50 bits per heavy atom. The molecule has 3 heteroatoms. The third-order valence-corrected chi connectivity index (χ3v) is 2.69. The molecule has 0 heterocycles. The minimum absolute atomic E-state index is 0.357. The predicted molar refractivity (Wildman–Crippen MR) is 77.9 cm³/mol. The van der Waals surface area contributed by atoms with Gasteiger partial charge in [-0.05, 0) is 29.8 Å². The third-order valence-electron chi connectivity index (χ3n) is 2.69. The van der Waals surface area contributed by atoms with Gasteiger partial charge in [0.2, 0.25) is 0 Å². The first-order valence-electron chi connectivity index (χ1n) is 6.23. The molecule has 2 N–H and O–H groups in total. The van der Waals surface area contributed by atoms with Crippen LogP contribution in [0.5, 0.6) is 5.75 Å². The molecule has 0 aliphatic rings. The van der Waals surface area contributed by atoms with Crippen LogP contribution in [0.3, 0.4) is 0 Å². The zero-order valence-corrected chi connectivity index (χ0v) is 11.0. The van der Waals surface area contributed by atoms with Crippen molar-refractivity contribution in [3.05, 3.63) is 65.2 Å². The first kappa shape index (κ1) is 13.7. The van der Waals surface area contributed by atoms with Crippen molar-refractivity contribution >= 4 is 0 Å². The van der Waals surface area contributed by atoms with Gasteiger partial charge in [-0.15, -0.1) is 0 Å². The molecule has 0 unspecified atom stereocenters. The third kappa shape index (κ3) is 3.62. The molecule has 0 aliphatic heterocycles. The molecule has 0 fully saturated rings. The highest BCUT2D eigenvalue weighted by molar-refractivity contribution is 5.42. The molecular formula is C17H14N2O. The van der Waals surface area contributed by atoms with E-state index in [0.29, 0.717) is 24.5 Å². The Morgan fingerprint density at radius 2 is 1.80 bits per heavy atom. The number of benzene rings is 2. The van der Waals surface area contributed by atoms with E-state index in [9.17, 15) is 0 Å². The first-order chi connectivity index (χ1) is 9.83. The van der Waals surface area contributed by atoms with Crippen molar-refractivity contribution in [1.29, 1.82) is 5.26 Å². The standard InChI is InChI=1S/C17H14N2O/c18-11-3-4-14-7-9-15(10-8-14)13-20-17-6-2-1-5-16(17)12-19/h1-2,5-10H,11,13,18H2. The van der Waals surface area contributed by atoms with Gasteiger partial charge in [0.15, 0.2) is 0 Å². The zero-order chi connectivity index (χ0) is 14.2. The summed E-state index contributed by atoms with van der Waals surface area (Å²) in [6, 6.07) is 17.1. The SMILES string of the molecule is N#Cc1ccccc1OCc1ccc(C#CCN)cc1. The lowest BCUT2D eigenvalue weighted by molar-refractivity contribution is 0.305. The van der Waals surface area contributed by atoms with E-state index in [1.165, 1.54) is 0 Å². The summed E-state index contributed by atoms with van der Waals surface area (Å²) < 4.78 is 5.66. The van der Waals surface area contributed by atoms with E-state index in [4.69, 9.17) is 15.7 Å². The lowest BCUT2D eigenvalue weighted by Crippen LogP contribution is -1.97. The summed E-state index contributed by atoms with van der Waals surface area (Å²) in [6.07, 6.45) is 0. The van der Waals surface area contributed by atoms with Crippen LogP contribution in [0.1, 0.15) is 16.7 Å². The summed E-state index contributed by atoms with van der Waals surface area (Å²) in [6.45, 7) is 0.777. The van der Waals surface area contributed by atoms with Crippen molar-refractivity contribution in [2.75, 3.05) is 6.54 Å². The first-order valence-corrected chi connectivity index (χ1v) is 6.23. The molecule has 0 amide bonds. The molecule has 98 valence electrons. The summed E-state index contributed by atoms with van der Waals surface area (Å²) in [7, 11) is 0. The van der Waals surface area contributed by atoms with Gasteiger partial charge >= 0.3 is 0 Å².